The number of aromatic hydroxyl groups is 2. The fourth-order valence-electron chi connectivity index (χ4n) is 2.53. The molecule has 2 aromatic heterocycles. The van der Waals surface area contributed by atoms with Gasteiger partial charge in [0.25, 0.3) is 0 Å². The van der Waals surface area contributed by atoms with Gasteiger partial charge in [0, 0.05) is 11.5 Å². The molecule has 4 aromatic rings. The Balaban J connectivity index is 0.000000470. The van der Waals surface area contributed by atoms with Gasteiger partial charge in [0.15, 0.2) is 0 Å². The van der Waals surface area contributed by atoms with Crippen molar-refractivity contribution in [3.05, 3.63) is 67.5 Å². The second-order valence-electron chi connectivity index (χ2n) is 5.63. The molecule has 170 valence electrons. The maximum atomic E-state index is 11.0. The van der Waals surface area contributed by atoms with Crippen LogP contribution in [0.3, 0.4) is 0 Å². The molecule has 7 heteroatoms. The number of phenols is 2. The van der Waals surface area contributed by atoms with Gasteiger partial charge in [-0.15, -0.1) is 0 Å². The lowest BCUT2D eigenvalue weighted by Crippen LogP contribution is -2.02. The Morgan fingerprint density at radius 3 is 1.74 bits per heavy atom. The number of thiazole rings is 1. The predicted molar refractivity (Wildman–Crippen MR) is 134 cm³/mol. The van der Waals surface area contributed by atoms with Gasteiger partial charge in [-0.25, -0.2) is 0 Å². The summed E-state index contributed by atoms with van der Waals surface area (Å²) in [6.45, 7) is 15.8. The third kappa shape index (κ3) is 7.29. The number of aryl methyl sites for hydroxylation is 2. The molecule has 6 nitrogen and oxygen atoms in total. The highest BCUT2D eigenvalue weighted by Gasteiger charge is 2.05. The minimum Gasteiger partial charge on any atom is -0.506 e. The zero-order chi connectivity index (χ0) is 24.1. The fraction of sp³-hybridized carbons (Fsp3) is 0.333. The van der Waals surface area contributed by atoms with Gasteiger partial charge in [-0.1, -0.05) is 65.0 Å². The zero-order valence-corrected chi connectivity index (χ0v) is 20.4. The van der Waals surface area contributed by atoms with Crippen molar-refractivity contribution in [2.24, 2.45) is 0 Å². The highest BCUT2D eigenvalue weighted by atomic mass is 32.1. The van der Waals surface area contributed by atoms with Crippen LogP contribution in [0.4, 0.5) is 0 Å². The molecule has 0 bridgehead atoms. The number of aromatic amines is 2. The molecule has 0 aliphatic carbocycles. The zero-order valence-electron chi connectivity index (χ0n) is 19.6. The van der Waals surface area contributed by atoms with Crippen LogP contribution in [0.15, 0.2) is 46.0 Å². The SMILES string of the molecule is CC.CC.CC.Cc1ccc(O)c2[nH]c(=O)ccc12.Cc1ccc(O)c2[nH]c(=O)sc12. The molecule has 0 fully saturated rings. The minimum absolute atomic E-state index is 0.110. The number of pyridine rings is 1. The van der Waals surface area contributed by atoms with E-state index in [2.05, 4.69) is 9.97 Å². The van der Waals surface area contributed by atoms with Gasteiger partial charge in [-0.3, -0.25) is 9.59 Å². The largest absolute Gasteiger partial charge is 0.506 e. The standard InChI is InChI=1S/C10H9NO2.C8H7NO2S.3C2H6/c1-6-2-4-8(12)10-7(6)3-5-9(13)11-10;1-4-2-3-5(10)6-7(4)12-8(11)9-6;3*1-2/h2-5,12H,1H3,(H,11,13);2-3,10H,1H3,(H,9,11);3*1-2H3. The van der Waals surface area contributed by atoms with Crippen LogP contribution in [0.2, 0.25) is 0 Å². The van der Waals surface area contributed by atoms with Crippen molar-refractivity contribution in [2.75, 3.05) is 0 Å². The highest BCUT2D eigenvalue weighted by Crippen LogP contribution is 2.26. The second kappa shape index (κ2) is 14.0. The van der Waals surface area contributed by atoms with E-state index in [-0.39, 0.29) is 21.9 Å². The first-order valence-electron chi connectivity index (χ1n) is 10.5. The normalized spacial score (nSPS) is 9.16. The Morgan fingerprint density at radius 1 is 0.677 bits per heavy atom. The van der Waals surface area contributed by atoms with Crippen LogP contribution >= 0.6 is 11.3 Å². The highest BCUT2D eigenvalue weighted by molar-refractivity contribution is 7.16. The van der Waals surface area contributed by atoms with Crippen LogP contribution < -0.4 is 10.4 Å². The number of hydrogen-bond acceptors (Lipinski definition) is 5. The maximum absolute atomic E-state index is 11.0. The number of fused-ring (bicyclic) bond motifs is 2. The predicted octanol–water partition coefficient (Wildman–Crippen LogP) is 6.22. The number of aromatic nitrogens is 2. The van der Waals surface area contributed by atoms with Crippen molar-refractivity contribution in [1.82, 2.24) is 9.97 Å². The van der Waals surface area contributed by atoms with Crippen LogP contribution in [0, 0.1) is 13.8 Å². The molecular weight excluding hydrogens is 412 g/mol. The van der Waals surface area contributed by atoms with Crippen molar-refractivity contribution in [3.8, 4) is 11.5 Å². The Bertz CT molecular complexity index is 1150. The molecule has 0 unspecified atom stereocenters. The average Bonchev–Trinajstić information content (AvgIpc) is 3.21. The lowest BCUT2D eigenvalue weighted by Gasteiger charge is -2.02. The topological polar surface area (TPSA) is 106 Å². The van der Waals surface area contributed by atoms with Gasteiger partial charge in [0.2, 0.25) is 5.56 Å². The van der Waals surface area contributed by atoms with Gasteiger partial charge >= 0.3 is 4.87 Å². The molecule has 0 saturated carbocycles. The fourth-order valence-corrected chi connectivity index (χ4v) is 3.36. The van der Waals surface area contributed by atoms with E-state index in [1.807, 2.05) is 61.5 Å². The number of benzene rings is 2. The second-order valence-corrected chi connectivity index (χ2v) is 6.62. The Kier molecular flexibility index (Phi) is 12.6. The van der Waals surface area contributed by atoms with E-state index < -0.39 is 0 Å². The van der Waals surface area contributed by atoms with Crippen molar-refractivity contribution >= 4 is 32.5 Å². The first-order valence-corrected chi connectivity index (χ1v) is 11.3. The van der Waals surface area contributed by atoms with E-state index in [0.717, 1.165) is 32.5 Å². The van der Waals surface area contributed by atoms with Gasteiger partial charge < -0.3 is 20.2 Å². The van der Waals surface area contributed by atoms with Crippen molar-refractivity contribution in [1.29, 1.82) is 0 Å². The number of phenolic OH excluding ortho intramolecular Hbond substituents is 2. The summed E-state index contributed by atoms with van der Waals surface area (Å²) in [5.74, 6) is 0.243. The maximum Gasteiger partial charge on any atom is 0.305 e. The number of rotatable bonds is 0. The quantitative estimate of drug-likeness (QED) is 0.257. The lowest BCUT2D eigenvalue weighted by atomic mass is 10.1. The van der Waals surface area contributed by atoms with Crippen LogP contribution in [0.5, 0.6) is 11.5 Å². The van der Waals surface area contributed by atoms with E-state index in [1.54, 1.807) is 24.3 Å². The third-order valence-electron chi connectivity index (χ3n) is 3.85. The molecule has 0 amide bonds. The molecule has 0 radical (unpaired) electrons. The number of hydrogen-bond donors (Lipinski definition) is 4. The molecule has 2 aromatic carbocycles. The molecule has 2 heterocycles. The molecular formula is C24H34N2O4S. The van der Waals surface area contributed by atoms with Gasteiger partial charge in [0.1, 0.15) is 17.0 Å². The molecule has 0 atom stereocenters. The summed E-state index contributed by atoms with van der Waals surface area (Å²) in [5, 5.41) is 19.7. The monoisotopic (exact) mass is 446 g/mol. The number of nitrogens with one attached hydrogen (secondary N) is 2. The molecule has 0 spiro atoms. The van der Waals surface area contributed by atoms with Gasteiger partial charge in [-0.2, -0.15) is 0 Å². The van der Waals surface area contributed by atoms with Gasteiger partial charge in [-0.05, 0) is 43.2 Å². The molecule has 4 N–H and O–H groups in total. The van der Waals surface area contributed by atoms with E-state index in [9.17, 15) is 19.8 Å². The Hall–Kier alpha value is -3.06. The molecule has 0 aliphatic heterocycles. The first-order chi connectivity index (χ1) is 14.9. The van der Waals surface area contributed by atoms with E-state index in [0.29, 0.717) is 11.0 Å². The third-order valence-corrected chi connectivity index (χ3v) is 4.86. The Labute approximate surface area is 187 Å². The van der Waals surface area contributed by atoms with Crippen molar-refractivity contribution in [2.45, 2.75) is 55.4 Å². The molecule has 31 heavy (non-hydrogen) atoms. The van der Waals surface area contributed by atoms with Crippen LogP contribution in [0.25, 0.3) is 21.1 Å². The van der Waals surface area contributed by atoms with Crippen LogP contribution in [-0.4, -0.2) is 20.2 Å². The summed E-state index contributed by atoms with van der Waals surface area (Å²) in [4.78, 5) is 27.0. The van der Waals surface area contributed by atoms with Crippen molar-refractivity contribution in [3.63, 3.8) is 0 Å². The molecule has 4 rings (SSSR count). The van der Waals surface area contributed by atoms with Crippen LogP contribution in [-0.2, 0) is 0 Å². The summed E-state index contributed by atoms with van der Waals surface area (Å²) >= 11 is 1.12. The van der Waals surface area contributed by atoms with Crippen LogP contribution in [0.1, 0.15) is 52.7 Å². The Morgan fingerprint density at radius 2 is 1.19 bits per heavy atom. The van der Waals surface area contributed by atoms with Gasteiger partial charge in [0.05, 0.1) is 10.2 Å². The van der Waals surface area contributed by atoms with Crippen molar-refractivity contribution < 1.29 is 10.2 Å². The lowest BCUT2D eigenvalue weighted by molar-refractivity contribution is 0.480. The summed E-state index contributed by atoms with van der Waals surface area (Å²) in [7, 11) is 0. The smallest absolute Gasteiger partial charge is 0.305 e. The first kappa shape index (κ1) is 27.9. The molecule has 0 saturated heterocycles. The van der Waals surface area contributed by atoms with E-state index >= 15 is 0 Å². The average molecular weight is 447 g/mol. The summed E-state index contributed by atoms with van der Waals surface area (Å²) in [6, 6.07) is 9.93. The minimum atomic E-state index is -0.201. The summed E-state index contributed by atoms with van der Waals surface area (Å²) in [5.41, 5.74) is 2.89. The summed E-state index contributed by atoms with van der Waals surface area (Å²) < 4.78 is 0.833. The summed E-state index contributed by atoms with van der Waals surface area (Å²) in [6.07, 6.45) is 0. The molecule has 0 aliphatic rings. The van der Waals surface area contributed by atoms with E-state index in [4.69, 9.17) is 0 Å². The number of H-pyrrole nitrogens is 2. The van der Waals surface area contributed by atoms with E-state index in [1.165, 1.54) is 6.07 Å².